The van der Waals surface area contributed by atoms with E-state index in [9.17, 15) is 0 Å². The highest BCUT2D eigenvalue weighted by atomic mass is 32.2. The second kappa shape index (κ2) is 6.43. The second-order valence-electron chi connectivity index (χ2n) is 4.70. The maximum atomic E-state index is 3.61. The van der Waals surface area contributed by atoms with E-state index in [0.717, 1.165) is 6.54 Å². The van der Waals surface area contributed by atoms with E-state index in [2.05, 4.69) is 48.1 Å². The average Bonchev–Trinajstić information content (AvgIpc) is 2.89. The summed E-state index contributed by atoms with van der Waals surface area (Å²) in [6, 6.07) is 9.96. The molecule has 0 bridgehead atoms. The molecule has 1 heterocycles. The van der Waals surface area contributed by atoms with Crippen molar-refractivity contribution in [2.24, 2.45) is 0 Å². The minimum atomic E-state index is 0.438. The van der Waals surface area contributed by atoms with Gasteiger partial charge in [-0.1, -0.05) is 12.1 Å². The zero-order chi connectivity index (χ0) is 12.1. The fourth-order valence-electron chi connectivity index (χ4n) is 2.26. The first-order valence-corrected chi connectivity index (χ1v) is 7.63. The molecule has 1 aliphatic rings. The number of benzene rings is 1. The third-order valence-corrected chi connectivity index (χ3v) is 4.19. The van der Waals surface area contributed by atoms with Crippen molar-refractivity contribution in [3.63, 3.8) is 0 Å². The summed E-state index contributed by atoms with van der Waals surface area (Å²) in [4.78, 5) is 1.33. The highest BCUT2D eigenvalue weighted by molar-refractivity contribution is 7.98. The molecular formula is C14H22N2S. The fraction of sp³-hybridized carbons (Fsp3) is 0.571. The molecule has 1 aliphatic heterocycles. The quantitative estimate of drug-likeness (QED) is 0.786. The van der Waals surface area contributed by atoms with E-state index in [1.807, 2.05) is 0 Å². The van der Waals surface area contributed by atoms with Gasteiger partial charge in [0.25, 0.3) is 0 Å². The Morgan fingerprint density at radius 2 is 2.18 bits per heavy atom. The van der Waals surface area contributed by atoms with Crippen LogP contribution in [0.3, 0.4) is 0 Å². The summed E-state index contributed by atoms with van der Waals surface area (Å²) < 4.78 is 0. The van der Waals surface area contributed by atoms with Crippen LogP contribution in [0.2, 0.25) is 0 Å². The lowest BCUT2D eigenvalue weighted by Gasteiger charge is -2.18. The summed E-state index contributed by atoms with van der Waals surface area (Å²) in [6.07, 6.45) is 4.75. The Morgan fingerprint density at radius 1 is 1.41 bits per heavy atom. The number of hydrogen-bond acceptors (Lipinski definition) is 3. The van der Waals surface area contributed by atoms with Crippen molar-refractivity contribution in [3.05, 3.63) is 29.8 Å². The molecule has 1 saturated heterocycles. The van der Waals surface area contributed by atoms with Crippen LogP contribution in [0.5, 0.6) is 0 Å². The van der Waals surface area contributed by atoms with E-state index >= 15 is 0 Å². The predicted octanol–water partition coefficient (Wildman–Crippen LogP) is 2.81. The highest BCUT2D eigenvalue weighted by Gasteiger charge is 2.14. The van der Waals surface area contributed by atoms with Gasteiger partial charge in [0.15, 0.2) is 0 Å². The Balaban J connectivity index is 1.83. The van der Waals surface area contributed by atoms with Crippen LogP contribution in [0.1, 0.15) is 31.4 Å². The summed E-state index contributed by atoms with van der Waals surface area (Å²) in [5, 5.41) is 7.12. The molecule has 1 aromatic rings. The molecule has 3 heteroatoms. The Hall–Kier alpha value is -0.510. The molecule has 0 radical (unpaired) electrons. The van der Waals surface area contributed by atoms with E-state index in [4.69, 9.17) is 0 Å². The SMILES string of the molecule is CSc1ccc(C(C)NCC2CCCN2)cc1. The third kappa shape index (κ3) is 3.73. The molecule has 2 unspecified atom stereocenters. The van der Waals surface area contributed by atoms with Gasteiger partial charge in [0.2, 0.25) is 0 Å². The minimum absolute atomic E-state index is 0.438. The van der Waals surface area contributed by atoms with Crippen LogP contribution in [-0.2, 0) is 0 Å². The average molecular weight is 250 g/mol. The van der Waals surface area contributed by atoms with Crippen LogP contribution in [0.4, 0.5) is 0 Å². The molecule has 17 heavy (non-hydrogen) atoms. The standard InChI is InChI=1S/C14H22N2S/c1-11(16-10-13-4-3-9-15-13)12-5-7-14(17-2)8-6-12/h5-8,11,13,15-16H,3-4,9-10H2,1-2H3. The number of rotatable bonds is 5. The summed E-state index contributed by atoms with van der Waals surface area (Å²) >= 11 is 1.79. The smallest absolute Gasteiger partial charge is 0.0292 e. The van der Waals surface area contributed by atoms with Crippen molar-refractivity contribution in [2.75, 3.05) is 19.3 Å². The number of thioether (sulfide) groups is 1. The summed E-state index contributed by atoms with van der Waals surface area (Å²) in [7, 11) is 0. The molecule has 1 fully saturated rings. The summed E-state index contributed by atoms with van der Waals surface area (Å²) in [6.45, 7) is 4.50. The molecule has 0 spiro atoms. The van der Waals surface area contributed by atoms with Gasteiger partial charge in [0, 0.05) is 23.5 Å². The summed E-state index contributed by atoms with van der Waals surface area (Å²) in [5.41, 5.74) is 1.38. The van der Waals surface area contributed by atoms with Gasteiger partial charge in [-0.2, -0.15) is 0 Å². The molecule has 0 saturated carbocycles. The van der Waals surface area contributed by atoms with Gasteiger partial charge in [-0.25, -0.2) is 0 Å². The number of hydrogen-bond donors (Lipinski definition) is 2. The van der Waals surface area contributed by atoms with Gasteiger partial charge >= 0.3 is 0 Å². The summed E-state index contributed by atoms with van der Waals surface area (Å²) in [5.74, 6) is 0. The van der Waals surface area contributed by atoms with E-state index in [1.54, 1.807) is 11.8 Å². The van der Waals surface area contributed by atoms with Crippen LogP contribution in [-0.4, -0.2) is 25.4 Å². The minimum Gasteiger partial charge on any atom is -0.313 e. The monoisotopic (exact) mass is 250 g/mol. The lowest BCUT2D eigenvalue weighted by atomic mass is 10.1. The first kappa shape index (κ1) is 12.9. The van der Waals surface area contributed by atoms with Crippen LogP contribution in [0, 0.1) is 0 Å². The molecule has 0 amide bonds. The lowest BCUT2D eigenvalue weighted by molar-refractivity contribution is 0.489. The van der Waals surface area contributed by atoms with Gasteiger partial charge in [-0.3, -0.25) is 0 Å². The van der Waals surface area contributed by atoms with Crippen molar-refractivity contribution < 1.29 is 0 Å². The zero-order valence-electron chi connectivity index (χ0n) is 10.7. The van der Waals surface area contributed by atoms with Crippen molar-refractivity contribution >= 4 is 11.8 Å². The predicted molar refractivity (Wildman–Crippen MR) is 75.7 cm³/mol. The molecule has 2 atom stereocenters. The van der Waals surface area contributed by atoms with E-state index in [-0.39, 0.29) is 0 Å². The Morgan fingerprint density at radius 3 is 2.76 bits per heavy atom. The Labute approximate surface area is 109 Å². The van der Waals surface area contributed by atoms with Gasteiger partial charge < -0.3 is 10.6 Å². The molecular weight excluding hydrogens is 228 g/mol. The largest absolute Gasteiger partial charge is 0.313 e. The Bertz CT molecular complexity index is 331. The Kier molecular flexibility index (Phi) is 4.89. The third-order valence-electron chi connectivity index (χ3n) is 3.45. The maximum absolute atomic E-state index is 3.61. The molecule has 0 aliphatic carbocycles. The molecule has 94 valence electrons. The van der Waals surface area contributed by atoms with Crippen molar-refractivity contribution in [3.8, 4) is 0 Å². The normalized spacial score (nSPS) is 21.6. The molecule has 2 rings (SSSR count). The molecule has 0 aromatic heterocycles. The maximum Gasteiger partial charge on any atom is 0.0292 e. The van der Waals surface area contributed by atoms with E-state index in [1.165, 1.54) is 29.8 Å². The molecule has 2 N–H and O–H groups in total. The van der Waals surface area contributed by atoms with Crippen LogP contribution in [0.25, 0.3) is 0 Å². The van der Waals surface area contributed by atoms with Gasteiger partial charge in [-0.15, -0.1) is 11.8 Å². The van der Waals surface area contributed by atoms with Gasteiger partial charge in [-0.05, 0) is 50.3 Å². The van der Waals surface area contributed by atoms with Crippen molar-refractivity contribution in [1.29, 1.82) is 0 Å². The number of nitrogens with one attached hydrogen (secondary N) is 2. The first-order valence-electron chi connectivity index (χ1n) is 6.40. The molecule has 2 nitrogen and oxygen atoms in total. The van der Waals surface area contributed by atoms with E-state index in [0.29, 0.717) is 12.1 Å². The van der Waals surface area contributed by atoms with Gasteiger partial charge in [0.1, 0.15) is 0 Å². The second-order valence-corrected chi connectivity index (χ2v) is 5.58. The fourth-order valence-corrected chi connectivity index (χ4v) is 2.67. The topological polar surface area (TPSA) is 24.1 Å². The van der Waals surface area contributed by atoms with Gasteiger partial charge in [0.05, 0.1) is 0 Å². The molecule has 1 aromatic carbocycles. The van der Waals surface area contributed by atoms with Crippen molar-refractivity contribution in [2.45, 2.75) is 36.7 Å². The van der Waals surface area contributed by atoms with Crippen LogP contribution >= 0.6 is 11.8 Å². The van der Waals surface area contributed by atoms with Crippen LogP contribution < -0.4 is 10.6 Å². The van der Waals surface area contributed by atoms with E-state index < -0.39 is 0 Å². The highest BCUT2D eigenvalue weighted by Crippen LogP contribution is 2.19. The van der Waals surface area contributed by atoms with Crippen LogP contribution in [0.15, 0.2) is 29.2 Å². The van der Waals surface area contributed by atoms with Crippen molar-refractivity contribution in [1.82, 2.24) is 10.6 Å². The lowest BCUT2D eigenvalue weighted by Crippen LogP contribution is -2.35. The zero-order valence-corrected chi connectivity index (χ0v) is 11.5. The first-order chi connectivity index (χ1) is 8.29.